The number of imide groups is 1. The van der Waals surface area contributed by atoms with Gasteiger partial charge < -0.3 is 10.0 Å². The van der Waals surface area contributed by atoms with E-state index in [1.807, 2.05) is 78.9 Å². The van der Waals surface area contributed by atoms with Gasteiger partial charge in [0, 0.05) is 33.3 Å². The van der Waals surface area contributed by atoms with E-state index in [1.54, 1.807) is 36.4 Å². The zero-order valence-electron chi connectivity index (χ0n) is 19.3. The molecule has 1 aliphatic rings. The van der Waals surface area contributed by atoms with E-state index in [0.717, 1.165) is 22.4 Å². The number of aliphatic hydroxyl groups is 1. The van der Waals surface area contributed by atoms with Crippen LogP contribution in [0.15, 0.2) is 115 Å². The smallest absolute Gasteiger partial charge is 0.265 e. The quantitative estimate of drug-likeness (QED) is 0.294. The predicted octanol–water partition coefficient (Wildman–Crippen LogP) is 6.60. The van der Waals surface area contributed by atoms with Gasteiger partial charge in [-0.2, -0.15) is 0 Å². The van der Waals surface area contributed by atoms with E-state index in [4.69, 9.17) is 0 Å². The van der Waals surface area contributed by atoms with Crippen molar-refractivity contribution in [2.75, 3.05) is 9.80 Å². The molecule has 0 fully saturated rings. The molecule has 36 heavy (non-hydrogen) atoms. The Balaban J connectivity index is 1.56. The highest BCUT2D eigenvalue weighted by molar-refractivity contribution is 6.36. The summed E-state index contributed by atoms with van der Waals surface area (Å²) in [6.45, 7) is -0.172. The summed E-state index contributed by atoms with van der Waals surface area (Å²) >= 11 is 0. The van der Waals surface area contributed by atoms with Gasteiger partial charge in [0.1, 0.15) is 0 Å². The van der Waals surface area contributed by atoms with Crippen LogP contribution in [-0.2, 0) is 6.61 Å². The van der Waals surface area contributed by atoms with Crippen LogP contribution in [0.5, 0.6) is 0 Å². The Hall–Kier alpha value is -4.74. The van der Waals surface area contributed by atoms with Crippen molar-refractivity contribution in [3.05, 3.63) is 132 Å². The number of amides is 2. The first-order valence-electron chi connectivity index (χ1n) is 11.7. The summed E-state index contributed by atoms with van der Waals surface area (Å²) in [6.07, 6.45) is 0. The molecule has 6 rings (SSSR count). The molecular formula is C31H22N2O3. The number of benzene rings is 5. The van der Waals surface area contributed by atoms with Gasteiger partial charge in [0.25, 0.3) is 11.8 Å². The second kappa shape index (κ2) is 8.80. The molecule has 0 spiro atoms. The normalized spacial score (nSPS) is 12.8. The first-order valence-corrected chi connectivity index (χ1v) is 11.7. The fraction of sp³-hybridized carbons (Fsp3) is 0.0323. The summed E-state index contributed by atoms with van der Waals surface area (Å²) in [7, 11) is 0. The van der Waals surface area contributed by atoms with Crippen molar-refractivity contribution in [3.8, 4) is 0 Å². The minimum Gasteiger partial charge on any atom is -0.392 e. The largest absolute Gasteiger partial charge is 0.392 e. The summed E-state index contributed by atoms with van der Waals surface area (Å²) in [6, 6.07) is 36.2. The molecule has 5 nitrogen and oxygen atoms in total. The van der Waals surface area contributed by atoms with Crippen molar-refractivity contribution in [1.29, 1.82) is 0 Å². The molecule has 0 saturated heterocycles. The molecule has 0 saturated carbocycles. The van der Waals surface area contributed by atoms with Crippen molar-refractivity contribution in [1.82, 2.24) is 0 Å². The third kappa shape index (κ3) is 3.45. The van der Waals surface area contributed by atoms with Gasteiger partial charge in [-0.15, -0.1) is 0 Å². The number of anilines is 4. The van der Waals surface area contributed by atoms with E-state index in [9.17, 15) is 14.7 Å². The Morgan fingerprint density at radius 1 is 0.639 bits per heavy atom. The third-order valence-corrected chi connectivity index (χ3v) is 6.51. The lowest BCUT2D eigenvalue weighted by molar-refractivity contribution is 0.0893. The Morgan fingerprint density at radius 2 is 1.25 bits per heavy atom. The minimum atomic E-state index is -0.378. The maximum atomic E-state index is 13.7. The molecule has 5 heteroatoms. The van der Waals surface area contributed by atoms with Gasteiger partial charge in [-0.3, -0.25) is 9.59 Å². The number of carbonyl (C=O) groups excluding carboxylic acids is 2. The molecule has 0 aromatic heterocycles. The lowest BCUT2D eigenvalue weighted by Crippen LogP contribution is -2.40. The molecule has 1 N–H and O–H groups in total. The van der Waals surface area contributed by atoms with Crippen LogP contribution in [0.1, 0.15) is 26.3 Å². The Labute approximate surface area is 208 Å². The van der Waals surface area contributed by atoms with Crippen molar-refractivity contribution in [3.63, 3.8) is 0 Å². The zero-order valence-corrected chi connectivity index (χ0v) is 19.3. The molecule has 0 atom stereocenters. The van der Waals surface area contributed by atoms with Crippen LogP contribution in [-0.4, -0.2) is 16.9 Å². The fourth-order valence-corrected chi connectivity index (χ4v) is 4.89. The summed E-state index contributed by atoms with van der Waals surface area (Å²) in [5, 5.41) is 11.0. The van der Waals surface area contributed by atoms with Gasteiger partial charge in [0.05, 0.1) is 18.0 Å². The first kappa shape index (κ1) is 21.8. The molecule has 5 aromatic rings. The molecular weight excluding hydrogens is 448 g/mol. The molecule has 174 valence electrons. The van der Waals surface area contributed by atoms with E-state index in [-0.39, 0.29) is 18.4 Å². The Bertz CT molecular complexity index is 1550. The molecule has 1 heterocycles. The highest BCUT2D eigenvalue weighted by atomic mass is 16.3. The van der Waals surface area contributed by atoms with Crippen LogP contribution < -0.4 is 9.80 Å². The van der Waals surface area contributed by atoms with Gasteiger partial charge in [-0.25, -0.2) is 4.90 Å². The monoisotopic (exact) mass is 470 g/mol. The highest BCUT2D eigenvalue weighted by Crippen LogP contribution is 2.42. The third-order valence-electron chi connectivity index (χ3n) is 6.51. The van der Waals surface area contributed by atoms with E-state index in [2.05, 4.69) is 4.90 Å². The van der Waals surface area contributed by atoms with Crippen LogP contribution >= 0.6 is 0 Å². The maximum Gasteiger partial charge on any atom is 0.265 e. The maximum absolute atomic E-state index is 13.7. The fourth-order valence-electron chi connectivity index (χ4n) is 4.89. The van der Waals surface area contributed by atoms with Crippen LogP contribution in [0.25, 0.3) is 10.8 Å². The standard InChI is InChI=1S/C31H22N2O3/c34-20-21-9-7-14-24(19-21)33-30(35)26-16-8-15-25-28(18-17-27(29(25)26)31(33)36)32(22-10-3-1-4-11-22)23-12-5-2-6-13-23/h1-19,34H,20H2. The number of hydrogen-bond acceptors (Lipinski definition) is 4. The molecule has 0 bridgehead atoms. The lowest BCUT2D eigenvalue weighted by atomic mass is 9.92. The molecule has 0 radical (unpaired) electrons. The van der Waals surface area contributed by atoms with Gasteiger partial charge in [-0.05, 0) is 60.2 Å². The average Bonchev–Trinajstić information content (AvgIpc) is 2.93. The van der Waals surface area contributed by atoms with Crippen molar-refractivity contribution < 1.29 is 14.7 Å². The molecule has 2 amide bonds. The van der Waals surface area contributed by atoms with Crippen LogP contribution in [0.3, 0.4) is 0 Å². The van der Waals surface area contributed by atoms with E-state index in [1.165, 1.54) is 4.90 Å². The number of nitrogens with zero attached hydrogens (tertiary/aromatic N) is 2. The van der Waals surface area contributed by atoms with Gasteiger partial charge in [0.2, 0.25) is 0 Å². The molecule has 1 aliphatic heterocycles. The molecule has 5 aromatic carbocycles. The lowest BCUT2D eigenvalue weighted by Gasteiger charge is -2.31. The SMILES string of the molecule is O=C1c2cccc3c(N(c4ccccc4)c4ccccc4)ccc(c23)C(=O)N1c1cccc(CO)c1. The summed E-state index contributed by atoms with van der Waals surface area (Å²) in [5.41, 5.74) is 4.84. The van der Waals surface area contributed by atoms with Gasteiger partial charge in [-0.1, -0.05) is 60.7 Å². The number of carbonyl (C=O) groups is 2. The van der Waals surface area contributed by atoms with Crippen LogP contribution in [0.2, 0.25) is 0 Å². The first-order chi connectivity index (χ1) is 17.7. The average molecular weight is 471 g/mol. The number of para-hydroxylation sites is 2. The summed E-state index contributed by atoms with van der Waals surface area (Å²) in [4.78, 5) is 30.7. The number of aliphatic hydroxyl groups excluding tert-OH is 1. The summed E-state index contributed by atoms with van der Waals surface area (Å²) < 4.78 is 0. The van der Waals surface area contributed by atoms with E-state index < -0.39 is 0 Å². The van der Waals surface area contributed by atoms with Crippen molar-refractivity contribution in [2.24, 2.45) is 0 Å². The Morgan fingerprint density at radius 3 is 1.89 bits per heavy atom. The van der Waals surface area contributed by atoms with Crippen LogP contribution in [0, 0.1) is 0 Å². The second-order valence-electron chi connectivity index (χ2n) is 8.64. The molecule has 0 unspecified atom stereocenters. The second-order valence-corrected chi connectivity index (χ2v) is 8.64. The number of rotatable bonds is 5. The van der Waals surface area contributed by atoms with Crippen LogP contribution in [0.4, 0.5) is 22.7 Å². The van der Waals surface area contributed by atoms with Crippen molar-refractivity contribution >= 4 is 45.3 Å². The number of hydrogen-bond donors (Lipinski definition) is 1. The van der Waals surface area contributed by atoms with E-state index >= 15 is 0 Å². The zero-order chi connectivity index (χ0) is 24.6. The van der Waals surface area contributed by atoms with Gasteiger partial charge in [0.15, 0.2) is 0 Å². The topological polar surface area (TPSA) is 60.9 Å². The highest BCUT2D eigenvalue weighted by Gasteiger charge is 2.35. The minimum absolute atomic E-state index is 0.172. The Kier molecular flexibility index (Phi) is 5.32. The predicted molar refractivity (Wildman–Crippen MR) is 142 cm³/mol. The molecule has 0 aliphatic carbocycles. The van der Waals surface area contributed by atoms with E-state index in [0.29, 0.717) is 27.8 Å². The summed E-state index contributed by atoms with van der Waals surface area (Å²) in [5.74, 6) is -0.757. The van der Waals surface area contributed by atoms with Crippen molar-refractivity contribution in [2.45, 2.75) is 6.61 Å². The van der Waals surface area contributed by atoms with Gasteiger partial charge >= 0.3 is 0 Å².